The summed E-state index contributed by atoms with van der Waals surface area (Å²) < 4.78 is 100. The van der Waals surface area contributed by atoms with Crippen LogP contribution in [0.4, 0.5) is 49.5 Å². The summed E-state index contributed by atoms with van der Waals surface area (Å²) in [4.78, 5) is 18.9. The third-order valence-electron chi connectivity index (χ3n) is 4.73. The van der Waals surface area contributed by atoms with E-state index in [-0.39, 0.29) is 35.5 Å². The normalized spacial score (nSPS) is 14.2. The quantitative estimate of drug-likeness (QED) is 0.367. The van der Waals surface area contributed by atoms with Crippen LogP contribution in [0, 0.1) is 0 Å². The summed E-state index contributed by atoms with van der Waals surface area (Å²) >= 11 is 0. The van der Waals surface area contributed by atoms with E-state index in [4.69, 9.17) is 0 Å². The number of hydrogen-bond acceptors (Lipinski definition) is 7. The van der Waals surface area contributed by atoms with Gasteiger partial charge in [-0.1, -0.05) is 0 Å². The monoisotopic (exact) mass is 512 g/mol. The van der Waals surface area contributed by atoms with Crippen LogP contribution in [-0.4, -0.2) is 54.2 Å². The maximum atomic E-state index is 13.3. The van der Waals surface area contributed by atoms with Crippen molar-refractivity contribution in [1.82, 2.24) is 14.3 Å². The van der Waals surface area contributed by atoms with Crippen LogP contribution in [0.1, 0.15) is 17.5 Å². The van der Waals surface area contributed by atoms with E-state index < -0.39 is 39.6 Å². The lowest BCUT2D eigenvalue weighted by Crippen LogP contribution is -2.39. The van der Waals surface area contributed by atoms with E-state index in [0.29, 0.717) is 23.1 Å². The first-order chi connectivity index (χ1) is 15.7. The lowest BCUT2D eigenvalue weighted by Gasteiger charge is -2.19. The van der Waals surface area contributed by atoms with Crippen LogP contribution in [0.3, 0.4) is 0 Å². The van der Waals surface area contributed by atoms with Crippen molar-refractivity contribution in [2.75, 3.05) is 36.1 Å². The summed E-state index contributed by atoms with van der Waals surface area (Å²) in [6.07, 6.45) is -4.38. The first-order valence-electron chi connectivity index (χ1n) is 9.59. The molecule has 0 spiro atoms. The van der Waals surface area contributed by atoms with Gasteiger partial charge in [0.1, 0.15) is 11.4 Å². The van der Waals surface area contributed by atoms with E-state index in [1.165, 1.54) is 0 Å². The minimum absolute atomic E-state index is 0.0692. The number of nitrogens with zero attached hydrogens (tertiary/aromatic N) is 3. The summed E-state index contributed by atoms with van der Waals surface area (Å²) in [5.41, 5.74) is -4.98. The van der Waals surface area contributed by atoms with E-state index in [1.807, 2.05) is 0 Å². The van der Waals surface area contributed by atoms with Crippen molar-refractivity contribution in [1.29, 1.82) is 0 Å². The zero-order valence-electron chi connectivity index (χ0n) is 17.4. The molecular weight excluding hydrogens is 494 g/mol. The van der Waals surface area contributed by atoms with Gasteiger partial charge < -0.3 is 16.0 Å². The maximum absolute atomic E-state index is 13.3. The average molecular weight is 512 g/mol. The first-order valence-corrected chi connectivity index (χ1v) is 11.0. The second-order valence-electron chi connectivity index (χ2n) is 7.23. The summed E-state index contributed by atoms with van der Waals surface area (Å²) in [7, 11) is -4.82. The van der Waals surface area contributed by atoms with Crippen LogP contribution in [0.15, 0.2) is 24.4 Å². The highest BCUT2D eigenvalue weighted by atomic mass is 32.2. The lowest BCUT2D eigenvalue weighted by molar-refractivity contribution is -0.137. The van der Waals surface area contributed by atoms with Crippen LogP contribution in [0.2, 0.25) is 0 Å². The van der Waals surface area contributed by atoms with Crippen LogP contribution >= 0.6 is 0 Å². The third kappa shape index (κ3) is 5.67. The Bertz CT molecular complexity index is 1190. The SMILES string of the molecule is CN(CCCNc1nc(Nc2ccc3c(c2)CC(=O)N3)ncc1C(F)(F)F)S(=O)(=O)C(F)(F)F. The number of hydrogen-bond donors (Lipinski definition) is 3. The molecule has 0 saturated heterocycles. The summed E-state index contributed by atoms with van der Waals surface area (Å²) in [5, 5.41) is 7.74. The smallest absolute Gasteiger partial charge is 0.369 e. The van der Waals surface area contributed by atoms with Crippen molar-refractivity contribution in [2.45, 2.75) is 24.5 Å². The predicted octanol–water partition coefficient (Wildman–Crippen LogP) is 3.32. The van der Waals surface area contributed by atoms with Gasteiger partial charge in [0.05, 0.1) is 6.42 Å². The number of fused-ring (bicyclic) bond motifs is 1. The number of nitrogens with one attached hydrogen (secondary N) is 3. The van der Waals surface area contributed by atoms with Gasteiger partial charge in [-0.25, -0.2) is 13.4 Å². The second-order valence-corrected chi connectivity index (χ2v) is 9.26. The molecule has 3 rings (SSSR count). The molecule has 1 aliphatic heterocycles. The van der Waals surface area contributed by atoms with E-state index in [2.05, 4.69) is 25.9 Å². The second kappa shape index (κ2) is 9.25. The Balaban J connectivity index is 1.70. The number of sulfonamides is 1. The Kier molecular flexibility index (Phi) is 6.93. The molecule has 186 valence electrons. The van der Waals surface area contributed by atoms with E-state index in [1.54, 1.807) is 18.2 Å². The van der Waals surface area contributed by atoms with E-state index in [0.717, 1.165) is 7.05 Å². The van der Waals surface area contributed by atoms with Gasteiger partial charge in [0.2, 0.25) is 11.9 Å². The molecule has 2 aromatic rings. The fourth-order valence-electron chi connectivity index (χ4n) is 3.03. The number of aromatic nitrogens is 2. The average Bonchev–Trinajstić information content (AvgIpc) is 3.08. The number of carbonyl (C=O) groups is 1. The Labute approximate surface area is 189 Å². The molecule has 0 atom stereocenters. The van der Waals surface area contributed by atoms with Crippen molar-refractivity contribution in [2.24, 2.45) is 0 Å². The fourth-order valence-corrected chi connectivity index (χ4v) is 3.75. The van der Waals surface area contributed by atoms with Gasteiger partial charge in [0, 0.05) is 37.7 Å². The third-order valence-corrected chi connectivity index (χ3v) is 6.31. The molecule has 1 aromatic carbocycles. The highest BCUT2D eigenvalue weighted by Crippen LogP contribution is 2.34. The molecule has 16 heteroatoms. The van der Waals surface area contributed by atoms with Gasteiger partial charge in [0.15, 0.2) is 0 Å². The fraction of sp³-hybridized carbons (Fsp3) is 0.389. The lowest BCUT2D eigenvalue weighted by atomic mass is 10.1. The highest BCUT2D eigenvalue weighted by molar-refractivity contribution is 7.89. The number of rotatable bonds is 8. The van der Waals surface area contributed by atoms with E-state index >= 15 is 0 Å². The maximum Gasteiger partial charge on any atom is 0.511 e. The standard InChI is InChI=1S/C18H18F6N6O3S/c1-30(34(32,33)18(22,23)24)6-2-5-25-15-12(17(19,20)21)9-26-16(29-15)27-11-3-4-13-10(7-11)8-14(31)28-13/h3-4,7,9H,2,5-6,8H2,1H3,(H,28,31)(H2,25,26,27,29). The van der Waals surface area contributed by atoms with Gasteiger partial charge in [-0.15, -0.1) is 0 Å². The molecule has 2 heterocycles. The zero-order chi connectivity index (χ0) is 25.3. The first kappa shape index (κ1) is 25.5. The largest absolute Gasteiger partial charge is 0.511 e. The molecule has 1 aromatic heterocycles. The van der Waals surface area contributed by atoms with Crippen LogP contribution < -0.4 is 16.0 Å². The van der Waals surface area contributed by atoms with Gasteiger partial charge in [-0.05, 0) is 30.2 Å². The highest BCUT2D eigenvalue weighted by Gasteiger charge is 2.48. The molecule has 1 aliphatic rings. The number of amides is 1. The summed E-state index contributed by atoms with van der Waals surface area (Å²) in [6.45, 7) is -0.891. The number of carbonyl (C=O) groups excluding carboxylic acids is 1. The van der Waals surface area contributed by atoms with Gasteiger partial charge in [0.25, 0.3) is 0 Å². The van der Waals surface area contributed by atoms with E-state index in [9.17, 15) is 39.6 Å². The Hall–Kier alpha value is -3.14. The molecule has 0 radical (unpaired) electrons. The minimum Gasteiger partial charge on any atom is -0.369 e. The summed E-state index contributed by atoms with van der Waals surface area (Å²) in [5.74, 6) is -1.04. The molecule has 34 heavy (non-hydrogen) atoms. The predicted molar refractivity (Wildman–Crippen MR) is 110 cm³/mol. The molecule has 9 nitrogen and oxygen atoms in total. The molecule has 0 unspecified atom stereocenters. The topological polar surface area (TPSA) is 116 Å². The summed E-state index contributed by atoms with van der Waals surface area (Å²) in [6, 6.07) is 4.78. The number of alkyl halides is 6. The van der Waals surface area contributed by atoms with Gasteiger partial charge >= 0.3 is 21.7 Å². The van der Waals surface area contributed by atoms with Crippen molar-refractivity contribution in [3.8, 4) is 0 Å². The Morgan fingerprint density at radius 1 is 1.18 bits per heavy atom. The molecular formula is C18H18F6N6O3S. The van der Waals surface area contributed by atoms with Crippen LogP contribution in [0.5, 0.6) is 0 Å². The van der Waals surface area contributed by atoms with Gasteiger partial charge in [-0.3, -0.25) is 4.79 Å². The van der Waals surface area contributed by atoms with Gasteiger partial charge in [-0.2, -0.15) is 35.6 Å². The van der Waals surface area contributed by atoms with Crippen LogP contribution in [0.25, 0.3) is 0 Å². The van der Waals surface area contributed by atoms with Crippen LogP contribution in [-0.2, 0) is 27.4 Å². The Morgan fingerprint density at radius 2 is 1.88 bits per heavy atom. The number of halogens is 6. The molecule has 0 bridgehead atoms. The number of anilines is 4. The molecule has 1 amide bonds. The van der Waals surface area contributed by atoms with Crippen molar-refractivity contribution in [3.05, 3.63) is 35.5 Å². The molecule has 0 fully saturated rings. The van der Waals surface area contributed by atoms with Crippen molar-refractivity contribution >= 4 is 39.1 Å². The van der Waals surface area contributed by atoms with Crippen molar-refractivity contribution in [3.63, 3.8) is 0 Å². The van der Waals surface area contributed by atoms with Crippen molar-refractivity contribution < 1.29 is 39.6 Å². The Morgan fingerprint density at radius 3 is 2.53 bits per heavy atom. The number of benzene rings is 1. The molecule has 0 saturated carbocycles. The molecule has 0 aliphatic carbocycles. The zero-order valence-corrected chi connectivity index (χ0v) is 18.2. The minimum atomic E-state index is -5.54. The molecule has 3 N–H and O–H groups in total.